The molecule has 4 nitrogen and oxygen atoms in total. The molecular weight excluding hydrogens is 298 g/mol. The van der Waals surface area contributed by atoms with Gasteiger partial charge in [-0.1, -0.05) is 12.1 Å². The summed E-state index contributed by atoms with van der Waals surface area (Å²) in [5.41, 5.74) is 2.62. The van der Waals surface area contributed by atoms with E-state index in [4.69, 9.17) is 5.11 Å². The molecule has 2 N–H and O–H groups in total. The van der Waals surface area contributed by atoms with Crippen LogP contribution in [0.15, 0.2) is 30.3 Å². The van der Waals surface area contributed by atoms with Gasteiger partial charge in [-0.15, -0.1) is 11.3 Å². The van der Waals surface area contributed by atoms with E-state index in [-0.39, 0.29) is 12.3 Å². The summed E-state index contributed by atoms with van der Waals surface area (Å²) in [6.45, 7) is 0. The predicted octanol–water partition coefficient (Wildman–Crippen LogP) is 3.51. The summed E-state index contributed by atoms with van der Waals surface area (Å²) in [4.78, 5) is 25.2. The highest BCUT2D eigenvalue weighted by molar-refractivity contribution is 7.14. The second kappa shape index (κ2) is 6.32. The molecule has 5 heteroatoms. The van der Waals surface area contributed by atoms with Crippen LogP contribution in [0, 0.1) is 0 Å². The Kier molecular flexibility index (Phi) is 4.24. The molecule has 3 rings (SSSR count). The van der Waals surface area contributed by atoms with Crippen LogP contribution in [-0.2, 0) is 24.1 Å². The number of hydrogen-bond acceptors (Lipinski definition) is 3. The molecule has 0 unspecified atom stereocenters. The lowest BCUT2D eigenvalue weighted by atomic mass is 9.99. The van der Waals surface area contributed by atoms with Crippen LogP contribution >= 0.6 is 11.3 Å². The van der Waals surface area contributed by atoms with Gasteiger partial charge in [0.1, 0.15) is 0 Å². The van der Waals surface area contributed by atoms with Gasteiger partial charge in [0.25, 0.3) is 5.91 Å². The molecule has 0 atom stereocenters. The summed E-state index contributed by atoms with van der Waals surface area (Å²) in [7, 11) is 0. The lowest BCUT2D eigenvalue weighted by Crippen LogP contribution is -2.10. The van der Waals surface area contributed by atoms with Gasteiger partial charge in [-0.3, -0.25) is 9.59 Å². The Morgan fingerprint density at radius 2 is 2.00 bits per heavy atom. The first-order valence-corrected chi connectivity index (χ1v) is 8.17. The summed E-state index contributed by atoms with van der Waals surface area (Å²) in [5, 5.41) is 11.7. The molecule has 2 aromatic rings. The third kappa shape index (κ3) is 3.36. The van der Waals surface area contributed by atoms with E-state index < -0.39 is 5.97 Å². The molecule has 0 radical (unpaired) electrons. The van der Waals surface area contributed by atoms with Crippen LogP contribution in [0.5, 0.6) is 0 Å². The SMILES string of the molecule is O=C(O)Cc1cccc(NC(=O)c2cc3c(s2)CCCC3)c1. The smallest absolute Gasteiger partial charge is 0.307 e. The number of thiophene rings is 1. The zero-order chi connectivity index (χ0) is 15.5. The monoisotopic (exact) mass is 315 g/mol. The fourth-order valence-corrected chi connectivity index (χ4v) is 3.88. The molecule has 0 spiro atoms. The maximum Gasteiger partial charge on any atom is 0.307 e. The highest BCUT2D eigenvalue weighted by Gasteiger charge is 2.17. The van der Waals surface area contributed by atoms with E-state index in [0.717, 1.165) is 17.7 Å². The molecule has 0 fully saturated rings. The van der Waals surface area contributed by atoms with Crippen LogP contribution < -0.4 is 5.32 Å². The van der Waals surface area contributed by atoms with Gasteiger partial charge in [-0.25, -0.2) is 0 Å². The summed E-state index contributed by atoms with van der Waals surface area (Å²) in [5.74, 6) is -0.999. The Balaban J connectivity index is 1.73. The number of aryl methyl sites for hydroxylation is 2. The number of fused-ring (bicyclic) bond motifs is 1. The third-order valence-electron chi connectivity index (χ3n) is 3.76. The number of carbonyl (C=O) groups excluding carboxylic acids is 1. The van der Waals surface area contributed by atoms with E-state index in [1.54, 1.807) is 35.6 Å². The van der Waals surface area contributed by atoms with Crippen molar-refractivity contribution in [1.82, 2.24) is 0 Å². The van der Waals surface area contributed by atoms with E-state index in [0.29, 0.717) is 11.3 Å². The lowest BCUT2D eigenvalue weighted by Gasteiger charge is -2.08. The minimum absolute atomic E-state index is 0.0446. The molecule has 1 heterocycles. The van der Waals surface area contributed by atoms with E-state index in [9.17, 15) is 9.59 Å². The minimum atomic E-state index is -0.880. The molecule has 1 aromatic heterocycles. The van der Waals surface area contributed by atoms with Crippen molar-refractivity contribution in [2.45, 2.75) is 32.1 Å². The Labute approximate surface area is 132 Å². The van der Waals surface area contributed by atoms with Crippen molar-refractivity contribution in [3.8, 4) is 0 Å². The summed E-state index contributed by atoms with van der Waals surface area (Å²) in [6, 6.07) is 8.98. The van der Waals surface area contributed by atoms with Gasteiger partial charge in [0.15, 0.2) is 0 Å². The Morgan fingerprint density at radius 1 is 1.18 bits per heavy atom. The first-order valence-electron chi connectivity index (χ1n) is 7.35. The van der Waals surface area contributed by atoms with Gasteiger partial charge < -0.3 is 10.4 Å². The second-order valence-electron chi connectivity index (χ2n) is 5.49. The van der Waals surface area contributed by atoms with E-state index in [1.165, 1.54) is 23.3 Å². The third-order valence-corrected chi connectivity index (χ3v) is 5.00. The van der Waals surface area contributed by atoms with Crippen molar-refractivity contribution >= 4 is 28.9 Å². The number of carboxylic acids is 1. The van der Waals surface area contributed by atoms with E-state index in [2.05, 4.69) is 5.32 Å². The topological polar surface area (TPSA) is 66.4 Å². The Bertz CT molecular complexity index is 697. The summed E-state index contributed by atoms with van der Waals surface area (Å²) >= 11 is 1.57. The summed E-state index contributed by atoms with van der Waals surface area (Å²) in [6.07, 6.45) is 4.49. The standard InChI is InChI=1S/C17H17NO3S/c19-16(20)9-11-4-3-6-13(8-11)18-17(21)15-10-12-5-1-2-7-14(12)22-15/h3-4,6,8,10H,1-2,5,7,9H2,(H,18,21)(H,19,20). The zero-order valence-corrected chi connectivity index (χ0v) is 12.9. The predicted molar refractivity (Wildman–Crippen MR) is 86.7 cm³/mol. The van der Waals surface area contributed by atoms with Crippen molar-refractivity contribution in [2.24, 2.45) is 0 Å². The van der Waals surface area contributed by atoms with Gasteiger partial charge in [-0.2, -0.15) is 0 Å². The Morgan fingerprint density at radius 3 is 2.77 bits per heavy atom. The van der Waals surface area contributed by atoms with Crippen molar-refractivity contribution < 1.29 is 14.7 Å². The molecule has 0 aliphatic heterocycles. The van der Waals surface area contributed by atoms with Gasteiger partial charge in [0, 0.05) is 10.6 Å². The van der Waals surface area contributed by atoms with Crippen LogP contribution in [0.3, 0.4) is 0 Å². The molecule has 1 aliphatic carbocycles. The van der Waals surface area contributed by atoms with Crippen LogP contribution in [0.1, 0.15) is 38.5 Å². The average Bonchev–Trinajstić information content (AvgIpc) is 2.91. The van der Waals surface area contributed by atoms with Gasteiger partial charge >= 0.3 is 5.97 Å². The average molecular weight is 315 g/mol. The maximum absolute atomic E-state index is 12.3. The molecule has 1 amide bonds. The van der Waals surface area contributed by atoms with Crippen LogP contribution in [0.2, 0.25) is 0 Å². The maximum atomic E-state index is 12.3. The van der Waals surface area contributed by atoms with Gasteiger partial charge in [0.2, 0.25) is 0 Å². The highest BCUT2D eigenvalue weighted by Crippen LogP contribution is 2.30. The van der Waals surface area contributed by atoms with Crippen LogP contribution in [-0.4, -0.2) is 17.0 Å². The molecule has 1 aromatic carbocycles. The number of carbonyl (C=O) groups is 2. The van der Waals surface area contributed by atoms with Crippen molar-refractivity contribution in [1.29, 1.82) is 0 Å². The van der Waals surface area contributed by atoms with Crippen molar-refractivity contribution in [3.05, 3.63) is 51.2 Å². The largest absolute Gasteiger partial charge is 0.481 e. The molecule has 114 valence electrons. The van der Waals surface area contributed by atoms with Gasteiger partial charge in [-0.05, 0) is 55.0 Å². The van der Waals surface area contributed by atoms with Crippen molar-refractivity contribution in [3.63, 3.8) is 0 Å². The summed E-state index contributed by atoms with van der Waals surface area (Å²) < 4.78 is 0. The fourth-order valence-electron chi connectivity index (χ4n) is 2.73. The quantitative estimate of drug-likeness (QED) is 0.907. The van der Waals surface area contributed by atoms with Crippen molar-refractivity contribution in [2.75, 3.05) is 5.32 Å². The molecule has 1 aliphatic rings. The van der Waals surface area contributed by atoms with Crippen LogP contribution in [0.25, 0.3) is 0 Å². The number of amides is 1. The number of hydrogen-bond donors (Lipinski definition) is 2. The molecule has 22 heavy (non-hydrogen) atoms. The van der Waals surface area contributed by atoms with E-state index >= 15 is 0 Å². The molecule has 0 saturated carbocycles. The normalized spacial score (nSPS) is 13.5. The number of benzene rings is 1. The van der Waals surface area contributed by atoms with Gasteiger partial charge in [0.05, 0.1) is 11.3 Å². The number of carboxylic acid groups (broad SMARTS) is 1. The minimum Gasteiger partial charge on any atom is -0.481 e. The molecule has 0 bridgehead atoms. The fraction of sp³-hybridized carbons (Fsp3) is 0.294. The first-order chi connectivity index (χ1) is 10.6. The lowest BCUT2D eigenvalue weighted by molar-refractivity contribution is -0.136. The zero-order valence-electron chi connectivity index (χ0n) is 12.1. The number of rotatable bonds is 4. The number of anilines is 1. The first kappa shape index (κ1) is 14.8. The number of aliphatic carboxylic acids is 1. The molecular formula is C17H17NO3S. The van der Waals surface area contributed by atoms with E-state index in [1.807, 2.05) is 6.07 Å². The Hall–Kier alpha value is -2.14. The van der Waals surface area contributed by atoms with Crippen LogP contribution in [0.4, 0.5) is 5.69 Å². The highest BCUT2D eigenvalue weighted by atomic mass is 32.1. The molecule has 0 saturated heterocycles. The second-order valence-corrected chi connectivity index (χ2v) is 6.63. The number of nitrogens with one attached hydrogen (secondary N) is 1.